The van der Waals surface area contributed by atoms with Crippen molar-refractivity contribution in [3.05, 3.63) is 52.7 Å². The molecule has 0 atom stereocenters. The monoisotopic (exact) mass is 287 g/mol. The molecule has 0 fully saturated rings. The smallest absolute Gasteiger partial charge is 0.365 e. The Morgan fingerprint density at radius 1 is 1.00 bits per heavy atom. The summed E-state index contributed by atoms with van der Waals surface area (Å²) in [5.74, 6) is 0.504. The van der Waals surface area contributed by atoms with E-state index >= 15 is 0 Å². The van der Waals surface area contributed by atoms with Gasteiger partial charge in [-0.2, -0.15) is 13.2 Å². The number of nitrogens with zero attached hydrogens (tertiary/aromatic N) is 2. The molecule has 2 rings (SSSR count). The fourth-order valence-corrected chi connectivity index (χ4v) is 1.52. The van der Waals surface area contributed by atoms with Crippen LogP contribution in [0.3, 0.4) is 0 Å². The maximum Gasteiger partial charge on any atom is 0.416 e. The van der Waals surface area contributed by atoms with E-state index in [2.05, 4.69) is 15.5 Å². The summed E-state index contributed by atoms with van der Waals surface area (Å²) in [7, 11) is 0. The maximum absolute atomic E-state index is 12.4. The van der Waals surface area contributed by atoms with Crippen molar-refractivity contribution in [3.63, 3.8) is 0 Å². The van der Waals surface area contributed by atoms with Crippen molar-refractivity contribution in [2.45, 2.75) is 12.7 Å². The van der Waals surface area contributed by atoms with Crippen molar-refractivity contribution in [2.24, 2.45) is 0 Å². The van der Waals surface area contributed by atoms with Crippen molar-refractivity contribution in [2.75, 3.05) is 5.32 Å². The normalized spacial score (nSPS) is 11.4. The number of hydrogen-bond acceptors (Lipinski definition) is 3. The second kappa shape index (κ2) is 5.44. The number of alkyl halides is 3. The zero-order valence-electron chi connectivity index (χ0n) is 9.58. The van der Waals surface area contributed by atoms with Crippen molar-refractivity contribution < 1.29 is 13.2 Å². The van der Waals surface area contributed by atoms with Gasteiger partial charge in [0.1, 0.15) is 5.82 Å². The van der Waals surface area contributed by atoms with Gasteiger partial charge in [0, 0.05) is 6.54 Å². The lowest BCUT2D eigenvalue weighted by Gasteiger charge is -2.08. The molecule has 0 amide bonds. The summed E-state index contributed by atoms with van der Waals surface area (Å²) < 4.78 is 37.1. The van der Waals surface area contributed by atoms with Crippen molar-refractivity contribution in [3.8, 4) is 0 Å². The molecule has 19 heavy (non-hydrogen) atoms. The molecule has 0 aliphatic rings. The zero-order chi connectivity index (χ0) is 13.9. The summed E-state index contributed by atoms with van der Waals surface area (Å²) in [5, 5.41) is 10.6. The minimum Gasteiger partial charge on any atom is -0.365 e. The van der Waals surface area contributed by atoms with Gasteiger partial charge in [-0.1, -0.05) is 23.7 Å². The molecule has 2 aromatic rings. The molecular weight excluding hydrogens is 279 g/mol. The van der Waals surface area contributed by atoms with E-state index in [9.17, 15) is 13.2 Å². The summed E-state index contributed by atoms with van der Waals surface area (Å²) in [4.78, 5) is 0. The van der Waals surface area contributed by atoms with Crippen LogP contribution in [0, 0.1) is 0 Å². The van der Waals surface area contributed by atoms with E-state index in [4.69, 9.17) is 11.6 Å². The van der Waals surface area contributed by atoms with Crippen LogP contribution >= 0.6 is 11.6 Å². The Hall–Kier alpha value is -1.82. The van der Waals surface area contributed by atoms with Crippen LogP contribution in [0.25, 0.3) is 0 Å². The number of hydrogen-bond donors (Lipinski definition) is 1. The summed E-state index contributed by atoms with van der Waals surface area (Å²) >= 11 is 5.58. The van der Waals surface area contributed by atoms with Crippen LogP contribution in [0.5, 0.6) is 0 Å². The van der Waals surface area contributed by atoms with Crippen LogP contribution in [0.4, 0.5) is 19.0 Å². The fraction of sp³-hybridized carbons (Fsp3) is 0.167. The molecule has 1 heterocycles. The molecule has 1 aromatic carbocycles. The number of nitrogens with one attached hydrogen (secondary N) is 1. The van der Waals surface area contributed by atoms with Gasteiger partial charge in [-0.25, -0.2) is 0 Å². The van der Waals surface area contributed by atoms with Gasteiger partial charge >= 0.3 is 6.18 Å². The average Bonchev–Trinajstić information content (AvgIpc) is 2.37. The molecular formula is C12H9ClF3N3. The van der Waals surface area contributed by atoms with Gasteiger partial charge in [0.15, 0.2) is 5.15 Å². The van der Waals surface area contributed by atoms with Crippen molar-refractivity contribution in [1.29, 1.82) is 0 Å². The number of aromatic nitrogens is 2. The highest BCUT2D eigenvalue weighted by Crippen LogP contribution is 2.29. The largest absolute Gasteiger partial charge is 0.416 e. The predicted octanol–water partition coefficient (Wildman–Crippen LogP) is 3.76. The van der Waals surface area contributed by atoms with E-state index in [0.29, 0.717) is 17.9 Å². The molecule has 0 spiro atoms. The lowest BCUT2D eigenvalue weighted by atomic mass is 10.1. The van der Waals surface area contributed by atoms with Crippen molar-refractivity contribution in [1.82, 2.24) is 10.2 Å². The summed E-state index contributed by atoms with van der Waals surface area (Å²) in [6, 6.07) is 8.14. The van der Waals surface area contributed by atoms with Crippen LogP contribution < -0.4 is 5.32 Å². The van der Waals surface area contributed by atoms with Gasteiger partial charge in [0.25, 0.3) is 0 Å². The maximum atomic E-state index is 12.4. The highest BCUT2D eigenvalue weighted by atomic mass is 35.5. The quantitative estimate of drug-likeness (QED) is 0.934. The van der Waals surface area contributed by atoms with E-state index in [1.165, 1.54) is 12.1 Å². The summed E-state index contributed by atoms with van der Waals surface area (Å²) in [6.45, 7) is 0.356. The third-order valence-electron chi connectivity index (χ3n) is 2.39. The molecule has 1 aromatic heterocycles. The zero-order valence-corrected chi connectivity index (χ0v) is 10.3. The molecule has 0 saturated carbocycles. The topological polar surface area (TPSA) is 37.8 Å². The third kappa shape index (κ3) is 3.82. The Balaban J connectivity index is 1.98. The lowest BCUT2D eigenvalue weighted by molar-refractivity contribution is -0.137. The van der Waals surface area contributed by atoms with Crippen LogP contribution in [-0.2, 0) is 12.7 Å². The number of halogens is 4. The molecule has 0 radical (unpaired) electrons. The molecule has 0 saturated heterocycles. The molecule has 1 N–H and O–H groups in total. The lowest BCUT2D eigenvalue weighted by Crippen LogP contribution is -2.06. The highest BCUT2D eigenvalue weighted by molar-refractivity contribution is 6.29. The van der Waals surface area contributed by atoms with Gasteiger partial charge in [0.2, 0.25) is 0 Å². The third-order valence-corrected chi connectivity index (χ3v) is 2.59. The van der Waals surface area contributed by atoms with E-state index in [1.807, 2.05) is 0 Å². The Bertz CT molecular complexity index is 538. The van der Waals surface area contributed by atoms with E-state index in [-0.39, 0.29) is 5.15 Å². The van der Waals surface area contributed by atoms with E-state index < -0.39 is 11.7 Å². The first-order valence-electron chi connectivity index (χ1n) is 5.34. The van der Waals surface area contributed by atoms with Crippen molar-refractivity contribution >= 4 is 17.4 Å². The number of rotatable bonds is 3. The van der Waals surface area contributed by atoms with Gasteiger partial charge in [-0.3, -0.25) is 0 Å². The van der Waals surface area contributed by atoms with E-state index in [0.717, 1.165) is 12.1 Å². The van der Waals surface area contributed by atoms with Crippen LogP contribution in [0.15, 0.2) is 36.4 Å². The Morgan fingerprint density at radius 2 is 1.68 bits per heavy atom. The molecule has 0 bridgehead atoms. The van der Waals surface area contributed by atoms with Crippen LogP contribution in [0.2, 0.25) is 5.15 Å². The number of benzene rings is 1. The van der Waals surface area contributed by atoms with Gasteiger partial charge in [0.05, 0.1) is 5.56 Å². The molecule has 7 heteroatoms. The molecule has 0 aliphatic carbocycles. The first-order chi connectivity index (χ1) is 8.95. The molecule has 100 valence electrons. The van der Waals surface area contributed by atoms with Gasteiger partial charge < -0.3 is 5.32 Å². The second-order valence-corrected chi connectivity index (χ2v) is 4.18. The van der Waals surface area contributed by atoms with E-state index in [1.54, 1.807) is 12.1 Å². The molecule has 0 unspecified atom stereocenters. The molecule has 3 nitrogen and oxygen atoms in total. The second-order valence-electron chi connectivity index (χ2n) is 3.79. The molecule has 0 aliphatic heterocycles. The van der Waals surface area contributed by atoms with Gasteiger partial charge in [-0.05, 0) is 29.8 Å². The highest BCUT2D eigenvalue weighted by Gasteiger charge is 2.29. The van der Waals surface area contributed by atoms with Crippen LogP contribution in [-0.4, -0.2) is 10.2 Å². The summed E-state index contributed by atoms with van der Waals surface area (Å²) in [5.41, 5.74) is 0.0484. The minimum absolute atomic E-state index is 0.278. The fourth-order valence-electron chi connectivity index (χ4n) is 1.41. The first kappa shape index (κ1) is 13.6. The average molecular weight is 288 g/mol. The first-order valence-corrected chi connectivity index (χ1v) is 5.72. The van der Waals surface area contributed by atoms with Gasteiger partial charge in [-0.15, -0.1) is 10.2 Å². The Morgan fingerprint density at radius 3 is 2.21 bits per heavy atom. The Labute approximate surface area is 112 Å². The Kier molecular flexibility index (Phi) is 3.90. The minimum atomic E-state index is -4.31. The number of anilines is 1. The SMILES string of the molecule is FC(F)(F)c1ccc(CNc2ccc(Cl)nn2)cc1. The summed E-state index contributed by atoms with van der Waals surface area (Å²) in [6.07, 6.45) is -4.31. The standard InChI is InChI=1S/C12H9ClF3N3/c13-10-5-6-11(19-18-10)17-7-8-1-3-9(4-2-8)12(14,15)16/h1-6H,7H2,(H,17,19). The predicted molar refractivity (Wildman–Crippen MR) is 65.8 cm³/mol. The van der Waals surface area contributed by atoms with Crippen LogP contribution in [0.1, 0.15) is 11.1 Å².